The minimum absolute atomic E-state index is 0.0405. The molecule has 2 aliphatic heterocycles. The Labute approximate surface area is 519 Å². The number of alkyl halides is 1. The molecule has 0 radical (unpaired) electrons. The second-order valence-corrected chi connectivity index (χ2v) is 36.2. The van der Waals surface area contributed by atoms with E-state index < -0.39 is 21.6 Å². The molecule has 0 bridgehead atoms. The SMILES string of the molecule is COc1c(C(C)(C)C)cc(P(c2cc(C(C)(C)C)c(OC)c(C(C)(C)C)c2)c2ccc3c(c2-c2c(P(c4cc(C(C)(C)C)c(OC)c(C(C)(C)C)c4)c4cc(C(C)(C)C)c(OC)c(C(C)(C)C)c4)ccc4c2O[C@H](Cl)O4)OCO3)cc1C(C)(C)C. The fraction of sp³-hybridized carbons (Fsp3) is 0.514. The van der Waals surface area contributed by atoms with E-state index >= 15 is 0 Å². The van der Waals surface area contributed by atoms with Gasteiger partial charge >= 0.3 is 5.75 Å². The Hall–Kier alpha value is -5.13. The number of methoxy groups -OCH3 is 4. The lowest BCUT2D eigenvalue weighted by molar-refractivity contribution is 0.129. The van der Waals surface area contributed by atoms with Gasteiger partial charge in [-0.25, -0.2) is 0 Å². The van der Waals surface area contributed by atoms with E-state index in [1.807, 2.05) is 28.4 Å². The molecule has 1 atom stereocenters. The van der Waals surface area contributed by atoms with E-state index in [1.54, 1.807) is 0 Å². The largest absolute Gasteiger partial charge is 0.496 e. The molecule has 0 fully saturated rings. The fourth-order valence-corrected chi connectivity index (χ4v) is 17.2. The summed E-state index contributed by atoms with van der Waals surface area (Å²) in [6.07, 6.45) is 0. The van der Waals surface area contributed by atoms with Gasteiger partial charge in [0.2, 0.25) is 6.79 Å². The van der Waals surface area contributed by atoms with Crippen LogP contribution in [-0.2, 0) is 43.3 Å². The van der Waals surface area contributed by atoms with Gasteiger partial charge in [0.25, 0.3) is 0 Å². The van der Waals surface area contributed by atoms with Crippen molar-refractivity contribution in [2.24, 2.45) is 0 Å². The highest BCUT2D eigenvalue weighted by atomic mass is 35.5. The molecular weight excluding hydrogens is 1110 g/mol. The first-order valence-corrected chi connectivity index (χ1v) is 33.2. The Balaban J connectivity index is 1.68. The van der Waals surface area contributed by atoms with Crippen molar-refractivity contribution in [2.45, 2.75) is 215 Å². The maximum atomic E-state index is 7.12. The zero-order chi connectivity index (χ0) is 63.4. The van der Waals surface area contributed by atoms with Crippen LogP contribution in [0.5, 0.6) is 46.0 Å². The van der Waals surface area contributed by atoms with E-state index in [0.717, 1.165) is 99.9 Å². The number of hydrogen-bond acceptors (Lipinski definition) is 8. The summed E-state index contributed by atoms with van der Waals surface area (Å²) in [5.41, 5.74) is 8.31. The molecule has 0 aliphatic carbocycles. The molecule has 6 aromatic rings. The van der Waals surface area contributed by atoms with E-state index in [4.69, 9.17) is 49.5 Å². The van der Waals surface area contributed by atoms with Gasteiger partial charge in [0.1, 0.15) is 23.0 Å². The van der Waals surface area contributed by atoms with Crippen LogP contribution in [0.1, 0.15) is 211 Å². The first-order chi connectivity index (χ1) is 39.0. The van der Waals surface area contributed by atoms with Crippen LogP contribution in [-0.4, -0.2) is 41.0 Å². The molecule has 0 amide bonds. The molecule has 0 unspecified atom stereocenters. The summed E-state index contributed by atoms with van der Waals surface area (Å²) in [6.45, 7) is 54.8. The van der Waals surface area contributed by atoms with Crippen LogP contribution in [0.15, 0.2) is 72.8 Å². The first kappa shape index (κ1) is 65.8. The zero-order valence-electron chi connectivity index (χ0n) is 56.8. The van der Waals surface area contributed by atoms with Crippen LogP contribution in [0.2, 0.25) is 0 Å². The van der Waals surface area contributed by atoms with Crippen LogP contribution in [0.25, 0.3) is 11.1 Å². The molecule has 6 aromatic carbocycles. The molecular formula is C74H99ClO8P2. The zero-order valence-corrected chi connectivity index (χ0v) is 59.3. The van der Waals surface area contributed by atoms with Crippen molar-refractivity contribution in [2.75, 3.05) is 35.2 Å². The van der Waals surface area contributed by atoms with Crippen molar-refractivity contribution in [3.05, 3.63) is 117 Å². The maximum Gasteiger partial charge on any atom is 0.322 e. The lowest BCUT2D eigenvalue weighted by atomic mass is 9.79. The molecule has 8 nitrogen and oxygen atoms in total. The standard InChI is InChI=1S/C74H99ClO8P2/c1-67(2,3)46-33-42(34-47(60(46)76-25)68(4,5)6)84(43-35-48(69(7,8)9)61(77-26)49(36-43)70(10,11)12)56-31-29-54-64(81-41-80-54)58(56)59-57(32-30-55-65(59)83-66(75)82-55)85(44-37-50(71(13,14)15)62(78-27)51(38-44)72(16,17)18)45-39-52(73(19,20)21)63(79-28)53(40-45)74(22,23)24/h29-40,66H,41H2,1-28H3/t66-/m1/s1. The molecule has 0 saturated carbocycles. The summed E-state index contributed by atoms with van der Waals surface area (Å²) in [6, 6.07) is 28.0. The minimum atomic E-state index is -1.55. The molecule has 460 valence electrons. The molecule has 11 heteroatoms. The molecule has 2 heterocycles. The summed E-state index contributed by atoms with van der Waals surface area (Å²) in [4.78, 5) is 0. The molecule has 85 heavy (non-hydrogen) atoms. The van der Waals surface area contributed by atoms with Gasteiger partial charge in [-0.3, -0.25) is 0 Å². The quantitative estimate of drug-likeness (QED) is 0.0938. The second-order valence-electron chi connectivity index (χ2n) is 31.5. The van der Waals surface area contributed by atoms with Gasteiger partial charge in [-0.1, -0.05) is 166 Å². The Bertz CT molecular complexity index is 3210. The van der Waals surface area contributed by atoms with Gasteiger partial charge in [-0.2, -0.15) is 0 Å². The van der Waals surface area contributed by atoms with Gasteiger partial charge in [0.15, 0.2) is 23.0 Å². The Morgan fingerprint density at radius 2 is 0.588 bits per heavy atom. The highest BCUT2D eigenvalue weighted by Gasteiger charge is 2.42. The van der Waals surface area contributed by atoms with Gasteiger partial charge < -0.3 is 37.9 Å². The number of fused-ring (bicyclic) bond motifs is 2. The van der Waals surface area contributed by atoms with Crippen molar-refractivity contribution in [1.82, 2.24) is 0 Å². The van der Waals surface area contributed by atoms with Crippen molar-refractivity contribution in [3.63, 3.8) is 0 Å². The fourth-order valence-electron chi connectivity index (χ4n) is 12.0. The number of ether oxygens (including phenoxy) is 8. The topological polar surface area (TPSA) is 73.8 Å². The third-order valence-electron chi connectivity index (χ3n) is 16.4. The highest BCUT2D eigenvalue weighted by molar-refractivity contribution is 7.80. The first-order valence-electron chi connectivity index (χ1n) is 30.1. The Morgan fingerprint density at radius 1 is 0.341 bits per heavy atom. The van der Waals surface area contributed by atoms with Crippen LogP contribution in [0, 0.1) is 0 Å². The average Bonchev–Trinajstić information content (AvgIpc) is 1.71. The lowest BCUT2D eigenvalue weighted by Gasteiger charge is -2.35. The van der Waals surface area contributed by atoms with E-state index in [0.29, 0.717) is 23.0 Å². The molecule has 8 rings (SSSR count). The van der Waals surface area contributed by atoms with Crippen molar-refractivity contribution in [3.8, 4) is 57.1 Å². The summed E-state index contributed by atoms with van der Waals surface area (Å²) in [5.74, 6) is 4.91. The van der Waals surface area contributed by atoms with Gasteiger partial charge in [0.05, 0.1) is 28.4 Å². The number of hydrogen-bond donors (Lipinski definition) is 0. The normalized spacial score (nSPS) is 15.1. The third kappa shape index (κ3) is 12.8. The molecule has 2 aliphatic rings. The Kier molecular flexibility index (Phi) is 17.6. The number of halogens is 1. The number of rotatable bonds is 11. The monoisotopic (exact) mass is 1210 g/mol. The number of benzene rings is 6. The van der Waals surface area contributed by atoms with E-state index in [2.05, 4.69) is 239 Å². The lowest BCUT2D eigenvalue weighted by Crippen LogP contribution is -2.31. The van der Waals surface area contributed by atoms with Crippen molar-refractivity contribution < 1.29 is 37.9 Å². The van der Waals surface area contributed by atoms with Crippen molar-refractivity contribution >= 4 is 59.3 Å². The summed E-state index contributed by atoms with van der Waals surface area (Å²) in [5, 5.41) is 6.75. The van der Waals surface area contributed by atoms with Gasteiger partial charge in [0, 0.05) is 55.6 Å². The van der Waals surface area contributed by atoms with Gasteiger partial charge in [-0.15, -0.1) is 0 Å². The molecule has 0 N–H and O–H groups in total. The van der Waals surface area contributed by atoms with Crippen molar-refractivity contribution in [1.29, 1.82) is 0 Å². The highest BCUT2D eigenvalue weighted by Crippen LogP contribution is 2.57. The van der Waals surface area contributed by atoms with Crippen LogP contribution < -0.4 is 69.7 Å². The summed E-state index contributed by atoms with van der Waals surface area (Å²) < 4.78 is 53.0. The smallest absolute Gasteiger partial charge is 0.322 e. The van der Waals surface area contributed by atoms with Gasteiger partial charge in [-0.05, 0) is 175 Å². The molecule has 0 aromatic heterocycles. The predicted molar refractivity (Wildman–Crippen MR) is 362 cm³/mol. The molecule has 0 spiro atoms. The van der Waals surface area contributed by atoms with E-state index in [-0.39, 0.29) is 50.1 Å². The Morgan fingerprint density at radius 3 is 0.835 bits per heavy atom. The third-order valence-corrected chi connectivity index (χ3v) is 21.4. The summed E-state index contributed by atoms with van der Waals surface area (Å²) in [7, 11) is 4.14. The van der Waals surface area contributed by atoms with E-state index in [9.17, 15) is 0 Å². The second kappa shape index (κ2) is 22.8. The van der Waals surface area contributed by atoms with Crippen LogP contribution in [0.3, 0.4) is 0 Å². The molecule has 0 saturated heterocycles. The maximum absolute atomic E-state index is 7.12. The minimum Gasteiger partial charge on any atom is -0.496 e. The average molecular weight is 1210 g/mol. The van der Waals surface area contributed by atoms with Crippen LogP contribution in [0.4, 0.5) is 0 Å². The summed E-state index contributed by atoms with van der Waals surface area (Å²) >= 11 is 7.12. The van der Waals surface area contributed by atoms with Crippen LogP contribution >= 0.6 is 27.4 Å². The predicted octanol–water partition coefficient (Wildman–Crippen LogP) is 17.3. The van der Waals surface area contributed by atoms with E-state index in [1.165, 1.54) is 10.6 Å².